The van der Waals surface area contributed by atoms with Crippen molar-refractivity contribution in [3.05, 3.63) is 66.2 Å². The maximum absolute atomic E-state index is 13.0. The van der Waals surface area contributed by atoms with Crippen LogP contribution < -0.4 is 5.32 Å². The number of benzene rings is 2. The van der Waals surface area contributed by atoms with Crippen molar-refractivity contribution in [1.29, 1.82) is 0 Å². The zero-order valence-electron chi connectivity index (χ0n) is 16.1. The standard InChI is InChI=1S/C22H24N2O4S/c25-20-22(13-11-18(12-14-22)17-7-3-1-4-8-17)23-21(26)24(20)15-16-29(27,28)19-9-5-2-6-10-19/h1-10,18H,11-16H2,(H,23,26). The Kier molecular flexibility index (Phi) is 5.17. The van der Waals surface area contributed by atoms with E-state index in [-0.39, 0.29) is 23.1 Å². The molecule has 152 valence electrons. The molecule has 1 saturated carbocycles. The first-order valence-electron chi connectivity index (χ1n) is 9.88. The Balaban J connectivity index is 1.42. The Labute approximate surface area is 170 Å². The number of nitrogens with one attached hydrogen (secondary N) is 1. The summed E-state index contributed by atoms with van der Waals surface area (Å²) in [5.74, 6) is -0.199. The SMILES string of the molecule is O=C1NC2(CCC(c3ccccc3)CC2)C(=O)N1CCS(=O)(=O)c1ccccc1. The third-order valence-electron chi connectivity index (χ3n) is 6.04. The van der Waals surface area contributed by atoms with Gasteiger partial charge in [-0.05, 0) is 49.3 Å². The first kappa shape index (κ1) is 19.6. The fraction of sp³-hybridized carbons (Fsp3) is 0.364. The van der Waals surface area contributed by atoms with Crippen LogP contribution >= 0.6 is 0 Å². The summed E-state index contributed by atoms with van der Waals surface area (Å²) in [4.78, 5) is 26.8. The molecule has 2 fully saturated rings. The topological polar surface area (TPSA) is 83.6 Å². The van der Waals surface area contributed by atoms with Crippen LogP contribution in [0, 0.1) is 0 Å². The molecular formula is C22H24N2O4S. The van der Waals surface area contributed by atoms with Gasteiger partial charge in [-0.2, -0.15) is 0 Å². The molecule has 0 bridgehead atoms. The molecular weight excluding hydrogens is 388 g/mol. The average molecular weight is 413 g/mol. The quantitative estimate of drug-likeness (QED) is 0.765. The first-order valence-corrected chi connectivity index (χ1v) is 11.5. The van der Waals surface area contributed by atoms with E-state index >= 15 is 0 Å². The number of imide groups is 1. The molecule has 2 aromatic carbocycles. The highest BCUT2D eigenvalue weighted by atomic mass is 32.2. The normalized spacial score (nSPS) is 24.7. The molecule has 0 aromatic heterocycles. The van der Waals surface area contributed by atoms with Gasteiger partial charge in [0.2, 0.25) is 0 Å². The second kappa shape index (κ2) is 7.63. The summed E-state index contributed by atoms with van der Waals surface area (Å²) >= 11 is 0. The molecule has 0 unspecified atom stereocenters. The van der Waals surface area contributed by atoms with Gasteiger partial charge in [0.25, 0.3) is 5.91 Å². The molecule has 1 aliphatic heterocycles. The van der Waals surface area contributed by atoms with Crippen LogP contribution in [0.1, 0.15) is 37.2 Å². The lowest BCUT2D eigenvalue weighted by molar-refractivity contribution is -0.132. The van der Waals surface area contributed by atoms with E-state index in [9.17, 15) is 18.0 Å². The highest BCUT2D eigenvalue weighted by Crippen LogP contribution is 2.40. The van der Waals surface area contributed by atoms with Crippen LogP contribution in [-0.2, 0) is 14.6 Å². The van der Waals surface area contributed by atoms with Crippen molar-refractivity contribution in [2.75, 3.05) is 12.3 Å². The van der Waals surface area contributed by atoms with E-state index in [0.29, 0.717) is 18.8 Å². The average Bonchev–Trinajstić information content (AvgIpc) is 2.97. The van der Waals surface area contributed by atoms with Gasteiger partial charge in [-0.25, -0.2) is 13.2 Å². The van der Waals surface area contributed by atoms with Crippen LogP contribution in [0.5, 0.6) is 0 Å². The number of rotatable bonds is 5. The molecule has 2 aromatic rings. The Morgan fingerprint density at radius 3 is 2.14 bits per heavy atom. The third-order valence-corrected chi connectivity index (χ3v) is 7.75. The molecule has 0 atom stereocenters. The van der Waals surface area contributed by atoms with Gasteiger partial charge in [0.05, 0.1) is 10.6 Å². The number of amides is 3. The van der Waals surface area contributed by atoms with E-state index in [4.69, 9.17) is 0 Å². The molecule has 1 spiro atoms. The molecule has 1 saturated heterocycles. The smallest absolute Gasteiger partial charge is 0.323 e. The Bertz CT molecular complexity index is 998. The Morgan fingerprint density at radius 2 is 1.52 bits per heavy atom. The van der Waals surface area contributed by atoms with E-state index in [0.717, 1.165) is 17.7 Å². The second-order valence-corrected chi connectivity index (χ2v) is 9.90. The summed E-state index contributed by atoms with van der Waals surface area (Å²) in [5.41, 5.74) is 0.365. The maximum Gasteiger partial charge on any atom is 0.325 e. The first-order chi connectivity index (χ1) is 13.9. The molecule has 29 heavy (non-hydrogen) atoms. The van der Waals surface area contributed by atoms with Crippen molar-refractivity contribution < 1.29 is 18.0 Å². The molecule has 2 aliphatic rings. The largest absolute Gasteiger partial charge is 0.325 e. The summed E-state index contributed by atoms with van der Waals surface area (Å²) in [5, 5.41) is 2.86. The van der Waals surface area contributed by atoms with Crippen LogP contribution in [0.2, 0.25) is 0 Å². The fourth-order valence-electron chi connectivity index (χ4n) is 4.34. The van der Waals surface area contributed by atoms with Crippen molar-refractivity contribution in [3.63, 3.8) is 0 Å². The minimum absolute atomic E-state index is 0.133. The lowest BCUT2D eigenvalue weighted by Crippen LogP contribution is -2.49. The van der Waals surface area contributed by atoms with Crippen molar-refractivity contribution in [2.45, 2.75) is 42.0 Å². The van der Waals surface area contributed by atoms with Gasteiger partial charge in [-0.15, -0.1) is 0 Å². The monoisotopic (exact) mass is 412 g/mol. The summed E-state index contributed by atoms with van der Waals surface area (Å²) in [6.45, 7) is -0.133. The number of sulfone groups is 1. The molecule has 1 N–H and O–H groups in total. The highest BCUT2D eigenvalue weighted by Gasteiger charge is 2.52. The number of hydrogen-bond acceptors (Lipinski definition) is 4. The highest BCUT2D eigenvalue weighted by molar-refractivity contribution is 7.91. The minimum Gasteiger partial charge on any atom is -0.323 e. The van der Waals surface area contributed by atoms with Gasteiger partial charge < -0.3 is 5.32 Å². The van der Waals surface area contributed by atoms with Crippen LogP contribution in [0.3, 0.4) is 0 Å². The summed E-state index contributed by atoms with van der Waals surface area (Å²) < 4.78 is 25.0. The molecule has 7 heteroatoms. The Morgan fingerprint density at radius 1 is 0.931 bits per heavy atom. The van der Waals surface area contributed by atoms with Crippen molar-refractivity contribution >= 4 is 21.8 Å². The molecule has 3 amide bonds. The number of carbonyl (C=O) groups excluding carboxylic acids is 2. The molecule has 4 rings (SSSR count). The molecule has 6 nitrogen and oxygen atoms in total. The van der Waals surface area contributed by atoms with E-state index < -0.39 is 21.4 Å². The van der Waals surface area contributed by atoms with Crippen molar-refractivity contribution in [2.24, 2.45) is 0 Å². The second-order valence-electron chi connectivity index (χ2n) is 7.79. The van der Waals surface area contributed by atoms with Crippen LogP contribution in [0.4, 0.5) is 4.79 Å². The van der Waals surface area contributed by atoms with Gasteiger partial charge >= 0.3 is 6.03 Å². The van der Waals surface area contributed by atoms with Gasteiger partial charge in [-0.1, -0.05) is 48.5 Å². The number of nitrogens with zero attached hydrogens (tertiary/aromatic N) is 1. The van der Waals surface area contributed by atoms with Crippen LogP contribution in [0.15, 0.2) is 65.6 Å². The predicted octanol–water partition coefficient (Wildman–Crippen LogP) is 3.11. The van der Waals surface area contributed by atoms with Gasteiger partial charge in [0.1, 0.15) is 5.54 Å². The van der Waals surface area contributed by atoms with Gasteiger partial charge in [0.15, 0.2) is 9.84 Å². The van der Waals surface area contributed by atoms with Crippen LogP contribution in [-0.4, -0.2) is 43.1 Å². The van der Waals surface area contributed by atoms with E-state index in [1.807, 2.05) is 18.2 Å². The molecule has 0 radical (unpaired) electrons. The summed E-state index contributed by atoms with van der Waals surface area (Å²) in [7, 11) is -3.56. The summed E-state index contributed by atoms with van der Waals surface area (Å²) in [6.07, 6.45) is 2.76. The third kappa shape index (κ3) is 3.79. The van der Waals surface area contributed by atoms with Gasteiger partial charge in [-0.3, -0.25) is 9.69 Å². The maximum atomic E-state index is 13.0. The van der Waals surface area contributed by atoms with E-state index in [1.165, 1.54) is 17.7 Å². The van der Waals surface area contributed by atoms with Crippen molar-refractivity contribution in [1.82, 2.24) is 10.2 Å². The minimum atomic E-state index is -3.56. The predicted molar refractivity (Wildman–Crippen MR) is 109 cm³/mol. The Hall–Kier alpha value is -2.67. The molecule has 1 aliphatic carbocycles. The lowest BCUT2D eigenvalue weighted by Gasteiger charge is -2.35. The number of hydrogen-bond donors (Lipinski definition) is 1. The fourth-order valence-corrected chi connectivity index (χ4v) is 5.57. The lowest BCUT2D eigenvalue weighted by atomic mass is 9.74. The zero-order valence-corrected chi connectivity index (χ0v) is 16.9. The number of carbonyl (C=O) groups is 2. The summed E-state index contributed by atoms with van der Waals surface area (Å²) in [6, 6.07) is 17.8. The van der Waals surface area contributed by atoms with E-state index in [1.54, 1.807) is 18.2 Å². The van der Waals surface area contributed by atoms with Gasteiger partial charge in [0, 0.05) is 6.54 Å². The van der Waals surface area contributed by atoms with Crippen molar-refractivity contribution in [3.8, 4) is 0 Å². The van der Waals surface area contributed by atoms with E-state index in [2.05, 4.69) is 17.4 Å². The zero-order chi connectivity index (χ0) is 20.5. The molecule has 1 heterocycles. The van der Waals surface area contributed by atoms with Crippen LogP contribution in [0.25, 0.3) is 0 Å². The number of urea groups is 1.